The van der Waals surface area contributed by atoms with E-state index in [0.717, 1.165) is 16.9 Å². The van der Waals surface area contributed by atoms with Crippen LogP contribution in [0.3, 0.4) is 0 Å². The third kappa shape index (κ3) is 6.38. The molecule has 0 saturated carbocycles. The quantitative estimate of drug-likeness (QED) is 0.574. The number of carbonyl (C=O) groups is 2. The van der Waals surface area contributed by atoms with E-state index in [1.54, 1.807) is 31.4 Å². The van der Waals surface area contributed by atoms with Crippen molar-refractivity contribution in [3.05, 3.63) is 95.6 Å². The SMILES string of the molecule is COc1ccc(CNC(=O)COc2cccc(C(=O)NCc3ccccc3)c2)cc1. The highest BCUT2D eigenvalue weighted by atomic mass is 16.5. The van der Waals surface area contributed by atoms with Gasteiger partial charge in [-0.1, -0.05) is 48.5 Å². The lowest BCUT2D eigenvalue weighted by molar-refractivity contribution is -0.123. The van der Waals surface area contributed by atoms with Crippen LogP contribution in [0, 0.1) is 0 Å². The van der Waals surface area contributed by atoms with Gasteiger partial charge in [0.15, 0.2) is 6.61 Å². The summed E-state index contributed by atoms with van der Waals surface area (Å²) in [6.07, 6.45) is 0. The van der Waals surface area contributed by atoms with Crippen LogP contribution in [0.25, 0.3) is 0 Å². The number of amides is 2. The van der Waals surface area contributed by atoms with Gasteiger partial charge in [-0.3, -0.25) is 9.59 Å². The second-order valence-corrected chi connectivity index (χ2v) is 6.61. The highest BCUT2D eigenvalue weighted by Crippen LogP contribution is 2.14. The standard InChI is InChI=1S/C24H24N2O4/c1-29-21-12-10-19(11-13-21)15-25-23(27)17-30-22-9-5-8-20(14-22)24(28)26-16-18-6-3-2-4-7-18/h2-14H,15-17H2,1H3,(H,25,27)(H,26,28). The van der Waals surface area contributed by atoms with Crippen molar-refractivity contribution in [2.45, 2.75) is 13.1 Å². The van der Waals surface area contributed by atoms with Crippen molar-refractivity contribution in [3.63, 3.8) is 0 Å². The summed E-state index contributed by atoms with van der Waals surface area (Å²) in [5.41, 5.74) is 2.45. The smallest absolute Gasteiger partial charge is 0.258 e. The Bertz CT molecular complexity index is 972. The average molecular weight is 404 g/mol. The van der Waals surface area contributed by atoms with Gasteiger partial charge < -0.3 is 20.1 Å². The van der Waals surface area contributed by atoms with Crippen molar-refractivity contribution in [1.82, 2.24) is 10.6 Å². The first-order chi connectivity index (χ1) is 14.6. The molecular weight excluding hydrogens is 380 g/mol. The molecule has 2 N–H and O–H groups in total. The van der Waals surface area contributed by atoms with Crippen molar-refractivity contribution in [2.75, 3.05) is 13.7 Å². The largest absolute Gasteiger partial charge is 0.497 e. The Labute approximate surface area is 175 Å². The molecule has 3 aromatic carbocycles. The van der Waals surface area contributed by atoms with E-state index in [2.05, 4.69) is 10.6 Å². The van der Waals surface area contributed by atoms with Gasteiger partial charge in [0, 0.05) is 18.7 Å². The Balaban J connectivity index is 1.45. The van der Waals surface area contributed by atoms with E-state index in [-0.39, 0.29) is 18.4 Å². The predicted octanol–water partition coefficient (Wildman–Crippen LogP) is 3.32. The number of carbonyl (C=O) groups excluding carboxylic acids is 2. The molecule has 3 aromatic rings. The molecule has 0 aliphatic carbocycles. The maximum atomic E-state index is 12.4. The number of nitrogens with one attached hydrogen (secondary N) is 2. The topological polar surface area (TPSA) is 76.7 Å². The lowest BCUT2D eigenvalue weighted by Crippen LogP contribution is -2.28. The first-order valence-corrected chi connectivity index (χ1v) is 9.58. The third-order valence-electron chi connectivity index (χ3n) is 4.41. The fraction of sp³-hybridized carbons (Fsp3) is 0.167. The van der Waals surface area contributed by atoms with Crippen molar-refractivity contribution in [3.8, 4) is 11.5 Å². The molecule has 0 aromatic heterocycles. The maximum absolute atomic E-state index is 12.4. The number of methoxy groups -OCH3 is 1. The summed E-state index contributed by atoms with van der Waals surface area (Å²) in [4.78, 5) is 24.4. The van der Waals surface area contributed by atoms with Crippen LogP contribution in [0.2, 0.25) is 0 Å². The van der Waals surface area contributed by atoms with Crippen LogP contribution < -0.4 is 20.1 Å². The third-order valence-corrected chi connectivity index (χ3v) is 4.41. The monoisotopic (exact) mass is 404 g/mol. The Morgan fingerprint density at radius 3 is 2.20 bits per heavy atom. The molecule has 0 heterocycles. The summed E-state index contributed by atoms with van der Waals surface area (Å²) in [6.45, 7) is 0.706. The molecule has 2 amide bonds. The van der Waals surface area contributed by atoms with E-state index >= 15 is 0 Å². The summed E-state index contributed by atoms with van der Waals surface area (Å²) in [6, 6.07) is 23.9. The molecule has 3 rings (SSSR count). The van der Waals surface area contributed by atoms with Gasteiger partial charge in [-0.25, -0.2) is 0 Å². The van der Waals surface area contributed by atoms with Gasteiger partial charge in [-0.05, 0) is 41.5 Å². The van der Waals surface area contributed by atoms with Crippen LogP contribution in [-0.4, -0.2) is 25.5 Å². The first-order valence-electron chi connectivity index (χ1n) is 9.58. The minimum absolute atomic E-state index is 0.134. The van der Waals surface area contributed by atoms with E-state index in [9.17, 15) is 9.59 Å². The summed E-state index contributed by atoms with van der Waals surface area (Å²) < 4.78 is 10.6. The summed E-state index contributed by atoms with van der Waals surface area (Å²) >= 11 is 0. The van der Waals surface area contributed by atoms with Crippen LogP contribution in [-0.2, 0) is 17.9 Å². The molecule has 6 nitrogen and oxygen atoms in total. The van der Waals surface area contributed by atoms with Gasteiger partial charge in [0.05, 0.1) is 7.11 Å². The zero-order valence-corrected chi connectivity index (χ0v) is 16.8. The van der Waals surface area contributed by atoms with Gasteiger partial charge in [0.1, 0.15) is 11.5 Å². The second-order valence-electron chi connectivity index (χ2n) is 6.61. The lowest BCUT2D eigenvalue weighted by Gasteiger charge is -2.10. The van der Waals surface area contributed by atoms with Gasteiger partial charge in [-0.2, -0.15) is 0 Å². The molecule has 0 saturated heterocycles. The normalized spacial score (nSPS) is 10.2. The average Bonchev–Trinajstić information content (AvgIpc) is 2.81. The maximum Gasteiger partial charge on any atom is 0.258 e. The van der Waals surface area contributed by atoms with Gasteiger partial charge in [-0.15, -0.1) is 0 Å². The highest BCUT2D eigenvalue weighted by molar-refractivity contribution is 5.94. The number of benzene rings is 3. The highest BCUT2D eigenvalue weighted by Gasteiger charge is 2.08. The Hall–Kier alpha value is -3.80. The molecule has 0 fully saturated rings. The lowest BCUT2D eigenvalue weighted by atomic mass is 10.2. The summed E-state index contributed by atoms with van der Waals surface area (Å²) in [5, 5.41) is 5.67. The fourth-order valence-electron chi connectivity index (χ4n) is 2.75. The molecule has 0 atom stereocenters. The van der Waals surface area contributed by atoms with Crippen LogP contribution in [0.15, 0.2) is 78.9 Å². The molecule has 6 heteroatoms. The number of hydrogen-bond donors (Lipinski definition) is 2. The van der Waals surface area contributed by atoms with Crippen molar-refractivity contribution in [1.29, 1.82) is 0 Å². The Morgan fingerprint density at radius 1 is 0.767 bits per heavy atom. The number of ether oxygens (including phenoxy) is 2. The van der Waals surface area contributed by atoms with E-state index in [4.69, 9.17) is 9.47 Å². The molecule has 0 aliphatic heterocycles. The molecule has 0 aliphatic rings. The van der Waals surface area contributed by atoms with Crippen LogP contribution in [0.4, 0.5) is 0 Å². The molecule has 154 valence electrons. The van der Waals surface area contributed by atoms with Crippen LogP contribution in [0.1, 0.15) is 21.5 Å². The van der Waals surface area contributed by atoms with E-state index in [0.29, 0.717) is 24.4 Å². The zero-order chi connectivity index (χ0) is 21.2. The molecule has 0 radical (unpaired) electrons. The number of hydrogen-bond acceptors (Lipinski definition) is 4. The van der Waals surface area contributed by atoms with Crippen molar-refractivity contribution < 1.29 is 19.1 Å². The van der Waals surface area contributed by atoms with E-state index in [1.165, 1.54) is 0 Å². The Kier molecular flexibility index (Phi) is 7.44. The summed E-state index contributed by atoms with van der Waals surface area (Å²) in [5.74, 6) is 0.779. The van der Waals surface area contributed by atoms with E-state index in [1.807, 2.05) is 54.6 Å². The van der Waals surface area contributed by atoms with E-state index < -0.39 is 0 Å². The molecule has 0 spiro atoms. The minimum Gasteiger partial charge on any atom is -0.497 e. The van der Waals surface area contributed by atoms with Crippen molar-refractivity contribution in [2.24, 2.45) is 0 Å². The summed E-state index contributed by atoms with van der Waals surface area (Å²) in [7, 11) is 1.61. The first kappa shape index (κ1) is 20.9. The van der Waals surface area contributed by atoms with Crippen molar-refractivity contribution >= 4 is 11.8 Å². The van der Waals surface area contributed by atoms with Gasteiger partial charge in [0.25, 0.3) is 11.8 Å². The molecule has 0 unspecified atom stereocenters. The Morgan fingerprint density at radius 2 is 1.47 bits per heavy atom. The number of rotatable bonds is 9. The molecular formula is C24H24N2O4. The fourth-order valence-corrected chi connectivity index (χ4v) is 2.75. The molecule has 0 bridgehead atoms. The van der Waals surface area contributed by atoms with Gasteiger partial charge >= 0.3 is 0 Å². The molecule has 30 heavy (non-hydrogen) atoms. The predicted molar refractivity (Wildman–Crippen MR) is 114 cm³/mol. The second kappa shape index (κ2) is 10.7. The van der Waals surface area contributed by atoms with Crippen LogP contribution >= 0.6 is 0 Å². The van der Waals surface area contributed by atoms with Crippen LogP contribution in [0.5, 0.6) is 11.5 Å². The zero-order valence-electron chi connectivity index (χ0n) is 16.8. The minimum atomic E-state index is -0.246. The van der Waals surface area contributed by atoms with Gasteiger partial charge in [0.2, 0.25) is 0 Å².